The summed E-state index contributed by atoms with van der Waals surface area (Å²) in [6.07, 6.45) is 2.56. The SMILES string of the molecule is COc1nc(N(C)C)sc1CNCCc1nncn1C. The molecule has 0 aliphatic carbocycles. The van der Waals surface area contributed by atoms with E-state index in [-0.39, 0.29) is 0 Å². The maximum Gasteiger partial charge on any atom is 0.230 e. The van der Waals surface area contributed by atoms with Gasteiger partial charge < -0.3 is 19.5 Å². The highest BCUT2D eigenvalue weighted by atomic mass is 32.1. The molecule has 1 N–H and O–H groups in total. The zero-order chi connectivity index (χ0) is 14.5. The third-order valence-corrected chi connectivity index (χ3v) is 4.05. The summed E-state index contributed by atoms with van der Waals surface area (Å²) in [6, 6.07) is 0. The van der Waals surface area contributed by atoms with Crippen LogP contribution in [0.4, 0.5) is 5.13 Å². The molecule has 0 saturated carbocycles. The molecule has 8 heteroatoms. The van der Waals surface area contributed by atoms with Crippen molar-refractivity contribution in [2.24, 2.45) is 7.05 Å². The number of hydrogen-bond acceptors (Lipinski definition) is 7. The molecule has 0 atom stereocenters. The maximum atomic E-state index is 5.30. The van der Waals surface area contributed by atoms with Gasteiger partial charge in [0, 0.05) is 40.7 Å². The van der Waals surface area contributed by atoms with Crippen molar-refractivity contribution in [2.45, 2.75) is 13.0 Å². The molecule has 2 aromatic heterocycles. The maximum absolute atomic E-state index is 5.30. The van der Waals surface area contributed by atoms with Gasteiger partial charge in [0.25, 0.3) is 0 Å². The van der Waals surface area contributed by atoms with Gasteiger partial charge in [0.15, 0.2) is 5.13 Å². The molecule has 0 spiro atoms. The summed E-state index contributed by atoms with van der Waals surface area (Å²) in [7, 11) is 7.55. The Bertz CT molecular complexity index is 550. The number of anilines is 1. The van der Waals surface area contributed by atoms with Gasteiger partial charge in [-0.15, -0.1) is 10.2 Å². The first-order chi connectivity index (χ1) is 9.61. The summed E-state index contributed by atoms with van der Waals surface area (Å²) in [5.41, 5.74) is 0. The molecule has 20 heavy (non-hydrogen) atoms. The first kappa shape index (κ1) is 14.7. The first-order valence-corrected chi connectivity index (χ1v) is 7.18. The zero-order valence-corrected chi connectivity index (χ0v) is 13.1. The average Bonchev–Trinajstić information content (AvgIpc) is 3.01. The van der Waals surface area contributed by atoms with E-state index in [4.69, 9.17) is 4.74 Å². The van der Waals surface area contributed by atoms with Crippen LogP contribution in [-0.4, -0.2) is 47.5 Å². The Morgan fingerprint density at radius 1 is 1.45 bits per heavy atom. The summed E-state index contributed by atoms with van der Waals surface area (Å²) in [5.74, 6) is 1.67. The Balaban J connectivity index is 1.86. The lowest BCUT2D eigenvalue weighted by Gasteiger charge is -2.05. The van der Waals surface area contributed by atoms with Crippen molar-refractivity contribution in [3.63, 3.8) is 0 Å². The molecule has 0 amide bonds. The average molecular weight is 296 g/mol. The second-order valence-corrected chi connectivity index (χ2v) is 5.67. The molecule has 0 fully saturated rings. The fraction of sp³-hybridized carbons (Fsp3) is 0.583. The molecule has 0 radical (unpaired) electrons. The summed E-state index contributed by atoms with van der Waals surface area (Å²) < 4.78 is 7.23. The van der Waals surface area contributed by atoms with Gasteiger partial charge in [0.2, 0.25) is 5.88 Å². The van der Waals surface area contributed by atoms with E-state index in [9.17, 15) is 0 Å². The minimum atomic E-state index is 0.699. The smallest absolute Gasteiger partial charge is 0.230 e. The first-order valence-electron chi connectivity index (χ1n) is 6.36. The molecule has 0 bridgehead atoms. The molecule has 0 saturated heterocycles. The highest BCUT2D eigenvalue weighted by Crippen LogP contribution is 2.30. The van der Waals surface area contributed by atoms with Crippen LogP contribution in [0, 0.1) is 0 Å². The fourth-order valence-corrected chi connectivity index (χ4v) is 2.65. The summed E-state index contributed by atoms with van der Waals surface area (Å²) in [6.45, 7) is 1.58. The summed E-state index contributed by atoms with van der Waals surface area (Å²) >= 11 is 1.64. The Morgan fingerprint density at radius 3 is 2.85 bits per heavy atom. The largest absolute Gasteiger partial charge is 0.480 e. The predicted molar refractivity (Wildman–Crippen MR) is 79.4 cm³/mol. The number of methoxy groups -OCH3 is 1. The third-order valence-electron chi connectivity index (χ3n) is 2.84. The number of nitrogens with zero attached hydrogens (tertiary/aromatic N) is 5. The number of aryl methyl sites for hydroxylation is 1. The lowest BCUT2D eigenvalue weighted by Crippen LogP contribution is -2.18. The highest BCUT2D eigenvalue weighted by molar-refractivity contribution is 7.15. The molecule has 2 heterocycles. The number of rotatable bonds is 7. The minimum Gasteiger partial charge on any atom is -0.480 e. The molecular formula is C12H20N6OS. The second kappa shape index (κ2) is 6.67. The van der Waals surface area contributed by atoms with Crippen molar-refractivity contribution in [3.05, 3.63) is 17.0 Å². The van der Waals surface area contributed by atoms with Crippen LogP contribution in [0.2, 0.25) is 0 Å². The van der Waals surface area contributed by atoms with E-state index in [2.05, 4.69) is 20.5 Å². The molecular weight excluding hydrogens is 276 g/mol. The highest BCUT2D eigenvalue weighted by Gasteiger charge is 2.12. The van der Waals surface area contributed by atoms with Gasteiger partial charge in [0.05, 0.1) is 12.0 Å². The standard InChI is InChI=1S/C12H20N6OS/c1-17(2)12-15-11(19-4)9(20-12)7-13-6-5-10-16-14-8-18(10)3/h8,13H,5-7H2,1-4H3. The normalized spacial score (nSPS) is 10.8. The number of ether oxygens (including phenoxy) is 1. The molecule has 2 aromatic rings. The summed E-state index contributed by atoms with van der Waals surface area (Å²) in [5, 5.41) is 12.2. The number of thiazole rings is 1. The quantitative estimate of drug-likeness (QED) is 0.758. The molecule has 0 aliphatic heterocycles. The number of aromatic nitrogens is 4. The van der Waals surface area contributed by atoms with Crippen molar-refractivity contribution in [2.75, 3.05) is 32.6 Å². The van der Waals surface area contributed by atoms with Gasteiger partial charge in [0.1, 0.15) is 12.2 Å². The van der Waals surface area contributed by atoms with Crippen LogP contribution in [0.25, 0.3) is 0 Å². The van der Waals surface area contributed by atoms with Crippen molar-refractivity contribution in [1.82, 2.24) is 25.1 Å². The van der Waals surface area contributed by atoms with Crippen molar-refractivity contribution in [3.8, 4) is 5.88 Å². The second-order valence-electron chi connectivity index (χ2n) is 4.61. The molecule has 7 nitrogen and oxygen atoms in total. The van der Waals surface area contributed by atoms with E-state index >= 15 is 0 Å². The van der Waals surface area contributed by atoms with Crippen molar-refractivity contribution in [1.29, 1.82) is 0 Å². The van der Waals surface area contributed by atoms with Crippen LogP contribution >= 0.6 is 11.3 Å². The van der Waals surface area contributed by atoms with Gasteiger partial charge in [-0.05, 0) is 0 Å². The van der Waals surface area contributed by atoms with Crippen molar-refractivity contribution >= 4 is 16.5 Å². The van der Waals surface area contributed by atoms with E-state index in [0.29, 0.717) is 5.88 Å². The summed E-state index contributed by atoms with van der Waals surface area (Å²) in [4.78, 5) is 7.51. The van der Waals surface area contributed by atoms with E-state index < -0.39 is 0 Å². The van der Waals surface area contributed by atoms with Crippen LogP contribution in [0.5, 0.6) is 5.88 Å². The van der Waals surface area contributed by atoms with Crippen LogP contribution in [-0.2, 0) is 20.0 Å². The third kappa shape index (κ3) is 3.45. The Morgan fingerprint density at radius 2 is 2.25 bits per heavy atom. The fourth-order valence-electron chi connectivity index (χ4n) is 1.72. The zero-order valence-electron chi connectivity index (χ0n) is 12.3. The Hall–Kier alpha value is -1.67. The van der Waals surface area contributed by atoms with Crippen LogP contribution < -0.4 is 15.0 Å². The molecule has 2 rings (SSSR count). The van der Waals surface area contributed by atoms with Crippen LogP contribution in [0.15, 0.2) is 6.33 Å². The lowest BCUT2D eigenvalue weighted by molar-refractivity contribution is 0.395. The van der Waals surface area contributed by atoms with Gasteiger partial charge >= 0.3 is 0 Å². The Kier molecular flexibility index (Phi) is 4.91. The van der Waals surface area contributed by atoms with Crippen LogP contribution in [0.3, 0.4) is 0 Å². The number of hydrogen-bond donors (Lipinski definition) is 1. The minimum absolute atomic E-state index is 0.699. The lowest BCUT2D eigenvalue weighted by atomic mass is 10.4. The van der Waals surface area contributed by atoms with Gasteiger partial charge in [-0.3, -0.25) is 0 Å². The van der Waals surface area contributed by atoms with E-state index in [1.54, 1.807) is 24.8 Å². The van der Waals surface area contributed by atoms with E-state index in [1.165, 1.54) is 0 Å². The molecule has 0 aromatic carbocycles. The van der Waals surface area contributed by atoms with Gasteiger partial charge in [-0.25, -0.2) is 0 Å². The van der Waals surface area contributed by atoms with Crippen LogP contribution in [0.1, 0.15) is 10.7 Å². The topological polar surface area (TPSA) is 68.1 Å². The van der Waals surface area contributed by atoms with E-state index in [1.807, 2.05) is 30.6 Å². The van der Waals surface area contributed by atoms with Gasteiger partial charge in [-0.2, -0.15) is 4.98 Å². The molecule has 110 valence electrons. The predicted octanol–water partition coefficient (Wildman–Crippen LogP) is 0.678. The number of nitrogens with one attached hydrogen (secondary N) is 1. The van der Waals surface area contributed by atoms with E-state index in [0.717, 1.165) is 35.3 Å². The monoisotopic (exact) mass is 296 g/mol. The van der Waals surface area contributed by atoms with Crippen molar-refractivity contribution < 1.29 is 4.74 Å². The molecule has 0 aliphatic rings. The molecule has 0 unspecified atom stereocenters. The van der Waals surface area contributed by atoms with Gasteiger partial charge in [-0.1, -0.05) is 11.3 Å². The Labute approximate surface area is 122 Å².